The minimum Gasteiger partial charge on any atom is -0.335 e. The summed E-state index contributed by atoms with van der Waals surface area (Å²) in [5.41, 5.74) is 2.03. The van der Waals surface area contributed by atoms with E-state index in [9.17, 15) is 9.59 Å². The Hall–Kier alpha value is -2.34. The average Bonchev–Trinajstić information content (AvgIpc) is 3.23. The molecule has 1 saturated heterocycles. The Bertz CT molecular complexity index is 674. The van der Waals surface area contributed by atoms with Gasteiger partial charge in [-0.1, -0.05) is 36.6 Å². The number of aryl methyl sites for hydroxylation is 1. The van der Waals surface area contributed by atoms with Crippen LogP contribution < -0.4 is 10.6 Å². The SMILES string of the molecule is C=CCNC(=O)N1CCN([C@H](C(=O)Nc2ccc(C)cc2)C2CCCC2)CC1. The van der Waals surface area contributed by atoms with E-state index in [1.807, 2.05) is 36.1 Å². The van der Waals surface area contributed by atoms with Crippen LogP contribution in [0.3, 0.4) is 0 Å². The predicted octanol–water partition coefficient (Wildman–Crippen LogP) is 3.01. The zero-order valence-electron chi connectivity index (χ0n) is 16.8. The van der Waals surface area contributed by atoms with E-state index in [4.69, 9.17) is 0 Å². The highest BCUT2D eigenvalue weighted by molar-refractivity contribution is 5.95. The van der Waals surface area contributed by atoms with Gasteiger partial charge in [-0.25, -0.2) is 4.79 Å². The minimum atomic E-state index is -0.123. The van der Waals surface area contributed by atoms with E-state index in [1.165, 1.54) is 18.4 Å². The molecule has 6 heteroatoms. The lowest BCUT2D eigenvalue weighted by atomic mass is 9.95. The van der Waals surface area contributed by atoms with Crippen molar-refractivity contribution in [3.8, 4) is 0 Å². The van der Waals surface area contributed by atoms with Gasteiger partial charge in [-0.15, -0.1) is 6.58 Å². The number of urea groups is 1. The number of carbonyl (C=O) groups is 2. The summed E-state index contributed by atoms with van der Waals surface area (Å²) in [6.07, 6.45) is 6.28. The quantitative estimate of drug-likeness (QED) is 0.741. The first-order valence-electron chi connectivity index (χ1n) is 10.3. The van der Waals surface area contributed by atoms with Crippen molar-refractivity contribution in [2.24, 2.45) is 5.92 Å². The van der Waals surface area contributed by atoms with Gasteiger partial charge in [0, 0.05) is 38.4 Å². The summed E-state index contributed by atoms with van der Waals surface area (Å²) in [4.78, 5) is 29.4. The highest BCUT2D eigenvalue weighted by Crippen LogP contribution is 2.31. The fourth-order valence-electron chi connectivity index (χ4n) is 4.28. The summed E-state index contributed by atoms with van der Waals surface area (Å²) in [6.45, 7) is 8.88. The van der Waals surface area contributed by atoms with Gasteiger partial charge < -0.3 is 15.5 Å². The van der Waals surface area contributed by atoms with Crippen LogP contribution in [0.1, 0.15) is 31.2 Å². The molecule has 2 aliphatic rings. The van der Waals surface area contributed by atoms with Gasteiger partial charge >= 0.3 is 6.03 Å². The number of hydrogen-bond donors (Lipinski definition) is 2. The van der Waals surface area contributed by atoms with Crippen molar-refractivity contribution < 1.29 is 9.59 Å². The molecule has 1 aliphatic heterocycles. The Balaban J connectivity index is 1.63. The maximum atomic E-state index is 13.2. The number of carbonyl (C=O) groups excluding carboxylic acids is 2. The molecular weight excluding hydrogens is 352 g/mol. The number of amides is 3. The summed E-state index contributed by atoms with van der Waals surface area (Å²) in [5.74, 6) is 0.479. The van der Waals surface area contributed by atoms with Crippen LogP contribution in [0.4, 0.5) is 10.5 Å². The van der Waals surface area contributed by atoms with Crippen LogP contribution in [0.15, 0.2) is 36.9 Å². The molecule has 2 fully saturated rings. The van der Waals surface area contributed by atoms with Crippen LogP contribution in [0, 0.1) is 12.8 Å². The number of rotatable bonds is 6. The Kier molecular flexibility index (Phi) is 7.09. The summed E-state index contributed by atoms with van der Waals surface area (Å²) >= 11 is 0. The molecule has 28 heavy (non-hydrogen) atoms. The maximum absolute atomic E-state index is 13.2. The molecule has 3 rings (SSSR count). The van der Waals surface area contributed by atoms with Crippen LogP contribution in [0.5, 0.6) is 0 Å². The van der Waals surface area contributed by atoms with Crippen molar-refractivity contribution >= 4 is 17.6 Å². The highest BCUT2D eigenvalue weighted by Gasteiger charge is 2.37. The third-order valence-corrected chi connectivity index (χ3v) is 5.83. The molecule has 0 aromatic heterocycles. The number of nitrogens with zero attached hydrogens (tertiary/aromatic N) is 2. The second-order valence-corrected chi connectivity index (χ2v) is 7.84. The van der Waals surface area contributed by atoms with Crippen molar-refractivity contribution in [1.82, 2.24) is 15.1 Å². The molecule has 1 atom stereocenters. The summed E-state index contributed by atoms with van der Waals surface area (Å²) in [5, 5.41) is 5.95. The first-order valence-corrected chi connectivity index (χ1v) is 10.3. The Morgan fingerprint density at radius 2 is 1.79 bits per heavy atom. The van der Waals surface area contributed by atoms with Crippen molar-refractivity contribution in [1.29, 1.82) is 0 Å². The summed E-state index contributed by atoms with van der Waals surface area (Å²) in [6, 6.07) is 7.77. The van der Waals surface area contributed by atoms with E-state index in [-0.39, 0.29) is 18.0 Å². The van der Waals surface area contributed by atoms with Gasteiger partial charge in [-0.2, -0.15) is 0 Å². The minimum absolute atomic E-state index is 0.0546. The molecule has 1 saturated carbocycles. The average molecular weight is 385 g/mol. The molecule has 1 heterocycles. The molecule has 2 N–H and O–H groups in total. The van der Waals surface area contributed by atoms with Gasteiger partial charge in [-0.05, 0) is 37.8 Å². The van der Waals surface area contributed by atoms with Gasteiger partial charge in [0.2, 0.25) is 5.91 Å². The Morgan fingerprint density at radius 3 is 2.39 bits per heavy atom. The molecule has 1 aliphatic carbocycles. The molecule has 1 aromatic carbocycles. The van der Waals surface area contributed by atoms with Gasteiger partial charge in [0.15, 0.2) is 0 Å². The van der Waals surface area contributed by atoms with Crippen LogP contribution in [0.25, 0.3) is 0 Å². The van der Waals surface area contributed by atoms with Crippen molar-refractivity contribution in [3.05, 3.63) is 42.5 Å². The number of benzene rings is 1. The lowest BCUT2D eigenvalue weighted by Gasteiger charge is -2.40. The first kappa shape index (κ1) is 20.4. The molecule has 0 bridgehead atoms. The number of piperazine rings is 1. The highest BCUT2D eigenvalue weighted by atomic mass is 16.2. The molecular formula is C22H32N4O2. The van der Waals surface area contributed by atoms with Crippen molar-refractivity contribution in [2.45, 2.75) is 38.6 Å². The van der Waals surface area contributed by atoms with Crippen LogP contribution in [-0.2, 0) is 4.79 Å². The van der Waals surface area contributed by atoms with Crippen LogP contribution in [-0.4, -0.2) is 60.5 Å². The van der Waals surface area contributed by atoms with E-state index < -0.39 is 0 Å². The number of anilines is 1. The monoisotopic (exact) mass is 384 g/mol. The summed E-state index contributed by atoms with van der Waals surface area (Å²) < 4.78 is 0. The maximum Gasteiger partial charge on any atom is 0.317 e. The lowest BCUT2D eigenvalue weighted by molar-refractivity contribution is -0.123. The van der Waals surface area contributed by atoms with Gasteiger partial charge in [0.05, 0.1) is 6.04 Å². The fourth-order valence-corrected chi connectivity index (χ4v) is 4.28. The van der Waals surface area contributed by atoms with E-state index in [2.05, 4.69) is 22.1 Å². The topological polar surface area (TPSA) is 64.7 Å². The third kappa shape index (κ3) is 5.13. The first-order chi connectivity index (χ1) is 13.6. The molecule has 0 unspecified atom stereocenters. The van der Waals surface area contributed by atoms with Crippen LogP contribution in [0.2, 0.25) is 0 Å². The fraction of sp³-hybridized carbons (Fsp3) is 0.545. The Labute approximate surface area is 168 Å². The largest absolute Gasteiger partial charge is 0.335 e. The van der Waals surface area contributed by atoms with Crippen molar-refractivity contribution in [3.63, 3.8) is 0 Å². The van der Waals surface area contributed by atoms with E-state index in [0.29, 0.717) is 25.6 Å². The number of nitrogens with one attached hydrogen (secondary N) is 2. The molecule has 1 aromatic rings. The van der Waals surface area contributed by atoms with Gasteiger partial charge in [0.25, 0.3) is 0 Å². The van der Waals surface area contributed by atoms with E-state index >= 15 is 0 Å². The zero-order chi connectivity index (χ0) is 19.9. The molecule has 6 nitrogen and oxygen atoms in total. The van der Waals surface area contributed by atoms with Gasteiger partial charge in [-0.3, -0.25) is 9.69 Å². The van der Waals surface area contributed by atoms with Crippen LogP contribution >= 0.6 is 0 Å². The predicted molar refractivity (Wildman–Crippen MR) is 112 cm³/mol. The Morgan fingerprint density at radius 1 is 1.14 bits per heavy atom. The smallest absolute Gasteiger partial charge is 0.317 e. The standard InChI is InChI=1S/C22H32N4O2/c1-3-12-23-22(28)26-15-13-25(14-16-26)20(18-6-4-5-7-18)21(27)24-19-10-8-17(2)9-11-19/h3,8-11,18,20H,1,4-7,12-16H2,2H3,(H,23,28)(H,24,27)/t20-/m0/s1. The molecule has 152 valence electrons. The third-order valence-electron chi connectivity index (χ3n) is 5.83. The number of hydrogen-bond acceptors (Lipinski definition) is 3. The second kappa shape index (κ2) is 9.73. The van der Waals surface area contributed by atoms with E-state index in [1.54, 1.807) is 6.08 Å². The molecule has 0 spiro atoms. The molecule has 3 amide bonds. The normalized spacial score (nSPS) is 19.2. The summed E-state index contributed by atoms with van der Waals surface area (Å²) in [7, 11) is 0. The van der Waals surface area contributed by atoms with Crippen molar-refractivity contribution in [2.75, 3.05) is 38.0 Å². The second-order valence-electron chi connectivity index (χ2n) is 7.84. The molecule has 0 radical (unpaired) electrons. The van der Waals surface area contributed by atoms with Gasteiger partial charge in [0.1, 0.15) is 0 Å². The zero-order valence-corrected chi connectivity index (χ0v) is 16.8. The lowest BCUT2D eigenvalue weighted by Crippen LogP contribution is -2.58. The van der Waals surface area contributed by atoms with E-state index in [0.717, 1.165) is 31.6 Å².